The molecule has 1 aliphatic heterocycles. The van der Waals surface area contributed by atoms with Gasteiger partial charge in [-0.3, -0.25) is 0 Å². The van der Waals surface area contributed by atoms with Gasteiger partial charge in [-0.2, -0.15) is 0 Å². The molecule has 56 heavy (non-hydrogen) atoms. The number of benzene rings is 8. The van der Waals surface area contributed by atoms with Crippen molar-refractivity contribution >= 4 is 48.6 Å². The summed E-state index contributed by atoms with van der Waals surface area (Å²) in [5.41, 5.74) is 19.0. The summed E-state index contributed by atoms with van der Waals surface area (Å²) in [6.45, 7) is 9.65. The van der Waals surface area contributed by atoms with Gasteiger partial charge < -0.3 is 4.90 Å². The van der Waals surface area contributed by atoms with Crippen molar-refractivity contribution in [3.8, 4) is 44.5 Å². The fourth-order valence-electron chi connectivity index (χ4n) is 9.59. The molecule has 0 saturated carbocycles. The molecule has 8 aromatic carbocycles. The zero-order valence-electron chi connectivity index (χ0n) is 32.1. The maximum absolute atomic E-state index is 2.56. The number of hydrogen-bond donors (Lipinski definition) is 0. The molecular formula is C54H41NS. The fourth-order valence-corrected chi connectivity index (χ4v) is 10.7. The molecule has 0 fully saturated rings. The molecule has 9 aromatic rings. The second-order valence-corrected chi connectivity index (χ2v) is 17.7. The number of nitrogens with zero attached hydrogens (tertiary/aromatic N) is 1. The van der Waals surface area contributed by atoms with Gasteiger partial charge in [0.25, 0.3) is 0 Å². The first-order valence-electron chi connectivity index (χ1n) is 19.7. The topological polar surface area (TPSA) is 3.24 Å². The summed E-state index contributed by atoms with van der Waals surface area (Å²) in [7, 11) is 0. The predicted octanol–water partition coefficient (Wildman–Crippen LogP) is 15.5. The van der Waals surface area contributed by atoms with E-state index in [4.69, 9.17) is 0 Å². The molecule has 0 spiro atoms. The zero-order chi connectivity index (χ0) is 37.8. The molecule has 1 aliphatic carbocycles. The Morgan fingerprint density at radius 1 is 0.357 bits per heavy atom. The van der Waals surface area contributed by atoms with E-state index in [2.05, 4.69) is 209 Å². The van der Waals surface area contributed by atoms with Gasteiger partial charge in [-0.05, 0) is 115 Å². The molecule has 1 aromatic heterocycles. The van der Waals surface area contributed by atoms with Crippen molar-refractivity contribution in [1.29, 1.82) is 0 Å². The normalized spacial score (nSPS) is 14.7. The summed E-state index contributed by atoms with van der Waals surface area (Å²) in [4.78, 5) is 2.55. The van der Waals surface area contributed by atoms with Crippen LogP contribution in [0.1, 0.15) is 49.9 Å². The van der Waals surface area contributed by atoms with Crippen LogP contribution in [0.4, 0.5) is 17.1 Å². The van der Waals surface area contributed by atoms with E-state index in [0.717, 1.165) is 0 Å². The van der Waals surface area contributed by atoms with E-state index in [9.17, 15) is 0 Å². The summed E-state index contributed by atoms with van der Waals surface area (Å²) in [6.07, 6.45) is 0. The quantitative estimate of drug-likeness (QED) is 0.174. The Kier molecular flexibility index (Phi) is 7.18. The van der Waals surface area contributed by atoms with Gasteiger partial charge in [-0.1, -0.05) is 155 Å². The van der Waals surface area contributed by atoms with Gasteiger partial charge in [0.15, 0.2) is 0 Å². The van der Waals surface area contributed by atoms with Crippen LogP contribution in [0, 0.1) is 0 Å². The van der Waals surface area contributed by atoms with Crippen molar-refractivity contribution in [3.05, 3.63) is 198 Å². The fraction of sp³-hybridized carbons (Fsp3) is 0.111. The second kappa shape index (κ2) is 12.1. The number of thiophene rings is 1. The second-order valence-electron chi connectivity index (χ2n) is 16.6. The highest BCUT2D eigenvalue weighted by atomic mass is 32.1. The van der Waals surface area contributed by atoms with Crippen LogP contribution >= 0.6 is 11.3 Å². The maximum Gasteiger partial charge on any atom is 0.0509 e. The zero-order valence-corrected chi connectivity index (χ0v) is 32.9. The van der Waals surface area contributed by atoms with Crippen molar-refractivity contribution in [2.24, 2.45) is 0 Å². The highest BCUT2D eigenvalue weighted by Crippen LogP contribution is 2.58. The van der Waals surface area contributed by atoms with Crippen molar-refractivity contribution < 1.29 is 0 Å². The van der Waals surface area contributed by atoms with E-state index >= 15 is 0 Å². The predicted molar refractivity (Wildman–Crippen MR) is 240 cm³/mol. The Morgan fingerprint density at radius 2 is 0.911 bits per heavy atom. The van der Waals surface area contributed by atoms with Gasteiger partial charge in [-0.15, -0.1) is 11.3 Å². The molecule has 1 nitrogen and oxygen atoms in total. The number of fused-ring (bicyclic) bond motifs is 8. The number of hydrogen-bond acceptors (Lipinski definition) is 2. The molecule has 2 aliphatic rings. The van der Waals surface area contributed by atoms with E-state index in [1.807, 2.05) is 11.3 Å². The van der Waals surface area contributed by atoms with Gasteiger partial charge >= 0.3 is 0 Å². The number of rotatable bonds is 4. The Morgan fingerprint density at radius 3 is 1.59 bits per heavy atom. The van der Waals surface area contributed by atoms with Crippen LogP contribution in [-0.2, 0) is 10.8 Å². The molecule has 0 unspecified atom stereocenters. The highest BCUT2D eigenvalue weighted by Gasteiger charge is 2.42. The van der Waals surface area contributed by atoms with E-state index in [0.29, 0.717) is 0 Å². The minimum Gasteiger partial charge on any atom is -0.310 e. The monoisotopic (exact) mass is 735 g/mol. The Labute approximate surface area is 333 Å². The van der Waals surface area contributed by atoms with Crippen LogP contribution in [-0.4, -0.2) is 0 Å². The molecular weight excluding hydrogens is 695 g/mol. The molecule has 2 heteroatoms. The average molecular weight is 736 g/mol. The van der Waals surface area contributed by atoms with Gasteiger partial charge in [0.05, 0.1) is 11.4 Å². The first-order chi connectivity index (χ1) is 27.3. The first kappa shape index (κ1) is 33.1. The maximum atomic E-state index is 2.56. The van der Waals surface area contributed by atoms with E-state index in [1.54, 1.807) is 0 Å². The summed E-state index contributed by atoms with van der Waals surface area (Å²) in [6, 6.07) is 65.7. The third-order valence-electron chi connectivity index (χ3n) is 12.7. The Bertz CT molecular complexity index is 3010. The van der Waals surface area contributed by atoms with Crippen LogP contribution in [0.15, 0.2) is 176 Å². The van der Waals surface area contributed by atoms with E-state index in [1.165, 1.54) is 104 Å². The number of anilines is 3. The SMILES string of the molecule is CC1(C)c2ccc(-c3ccccc3)cc2-c2cc3c(cc21)C(C)(C)c1cc(-c2ccccc2)ccc1N3c1ccc2c(c1)sc1ccc(-c3ccccc3)cc12. The lowest BCUT2D eigenvalue weighted by Crippen LogP contribution is -2.31. The standard InChI is InChI=1S/C54H41NS/c1-53(2)45-25-20-37(34-14-8-5-9-15-34)28-42(45)43-32-50-48(33-46(43)53)54(3,4)47-30-39(36-18-12-7-13-19-36)21-26-49(47)55(50)40-23-24-41-44-29-38(35-16-10-6-11-17-35)22-27-51(44)56-52(41)31-40/h5-33H,1-4H3. The van der Waals surface area contributed by atoms with Crippen LogP contribution in [0.2, 0.25) is 0 Å². The van der Waals surface area contributed by atoms with Crippen molar-refractivity contribution in [2.45, 2.75) is 38.5 Å². The van der Waals surface area contributed by atoms with Gasteiger partial charge in [-0.25, -0.2) is 0 Å². The third-order valence-corrected chi connectivity index (χ3v) is 13.8. The van der Waals surface area contributed by atoms with Crippen LogP contribution in [0.25, 0.3) is 64.7 Å². The summed E-state index contributed by atoms with van der Waals surface area (Å²) < 4.78 is 2.62. The molecule has 0 N–H and O–H groups in total. The molecule has 11 rings (SSSR count). The van der Waals surface area contributed by atoms with Crippen LogP contribution in [0.5, 0.6) is 0 Å². The molecule has 0 amide bonds. The lowest BCUT2D eigenvalue weighted by Gasteiger charge is -2.43. The van der Waals surface area contributed by atoms with E-state index in [-0.39, 0.29) is 10.8 Å². The average Bonchev–Trinajstić information content (AvgIpc) is 3.71. The molecule has 2 heterocycles. The minimum atomic E-state index is -0.239. The minimum absolute atomic E-state index is 0.128. The smallest absolute Gasteiger partial charge is 0.0509 e. The molecule has 0 radical (unpaired) electrons. The van der Waals surface area contributed by atoms with Crippen molar-refractivity contribution in [2.75, 3.05) is 4.90 Å². The first-order valence-corrected chi connectivity index (χ1v) is 20.5. The third kappa shape index (κ3) is 4.92. The van der Waals surface area contributed by atoms with Gasteiger partial charge in [0.2, 0.25) is 0 Å². The van der Waals surface area contributed by atoms with Gasteiger partial charge in [0, 0.05) is 36.7 Å². The lowest BCUT2D eigenvalue weighted by molar-refractivity contribution is 0.620. The van der Waals surface area contributed by atoms with Crippen LogP contribution < -0.4 is 4.90 Å². The highest BCUT2D eigenvalue weighted by molar-refractivity contribution is 7.25. The molecule has 0 saturated heterocycles. The molecule has 268 valence electrons. The Balaban J connectivity index is 1.13. The largest absolute Gasteiger partial charge is 0.310 e. The molecule has 0 atom stereocenters. The summed E-state index contributed by atoms with van der Waals surface area (Å²) >= 11 is 1.89. The van der Waals surface area contributed by atoms with Gasteiger partial charge in [0.1, 0.15) is 0 Å². The molecule has 0 bridgehead atoms. The summed E-state index contributed by atoms with van der Waals surface area (Å²) in [5, 5.41) is 2.62. The Hall–Kier alpha value is -6.22. The van der Waals surface area contributed by atoms with E-state index < -0.39 is 0 Å². The summed E-state index contributed by atoms with van der Waals surface area (Å²) in [5.74, 6) is 0. The van der Waals surface area contributed by atoms with Crippen LogP contribution in [0.3, 0.4) is 0 Å². The lowest BCUT2D eigenvalue weighted by atomic mass is 9.70. The van der Waals surface area contributed by atoms with Crippen molar-refractivity contribution in [1.82, 2.24) is 0 Å². The van der Waals surface area contributed by atoms with Crippen molar-refractivity contribution in [3.63, 3.8) is 0 Å².